The molecule has 1 amide bonds. The molecule has 0 saturated heterocycles. The van der Waals surface area contributed by atoms with Gasteiger partial charge in [-0.1, -0.05) is 0 Å². The van der Waals surface area contributed by atoms with E-state index in [-0.39, 0.29) is 30.4 Å². The number of nitrogens with one attached hydrogen (secondary N) is 1. The lowest BCUT2D eigenvalue weighted by Crippen LogP contribution is -2.18. The van der Waals surface area contributed by atoms with Gasteiger partial charge in [0.1, 0.15) is 0 Å². The zero-order valence-electron chi connectivity index (χ0n) is 12.5. The number of anilines is 1. The van der Waals surface area contributed by atoms with Gasteiger partial charge in [-0.15, -0.1) is 0 Å². The first kappa shape index (κ1) is 16.6. The van der Waals surface area contributed by atoms with E-state index in [1.54, 1.807) is 20.8 Å². The number of hydrogen-bond acceptors (Lipinski definition) is 6. The standard InChI is InChI=1S/C14H18N2O5/c1-5-20-13(18)10-7-11(16-9(4)17)8(3)15-12(10)14(19)21-6-2/h7H,5-6H2,1-4H3,(H,16,17). The molecule has 7 heteroatoms. The average Bonchev–Trinajstić information content (AvgIpc) is 2.40. The van der Waals surface area contributed by atoms with E-state index >= 15 is 0 Å². The number of aryl methyl sites for hydroxylation is 1. The predicted octanol–water partition coefficient (Wildman–Crippen LogP) is 1.70. The first-order valence-electron chi connectivity index (χ1n) is 6.54. The lowest BCUT2D eigenvalue weighted by atomic mass is 10.1. The molecule has 114 valence electrons. The Labute approximate surface area is 122 Å². The van der Waals surface area contributed by atoms with E-state index in [1.165, 1.54) is 13.0 Å². The Kier molecular flexibility index (Phi) is 5.83. The second-order valence-corrected chi connectivity index (χ2v) is 4.14. The summed E-state index contributed by atoms with van der Waals surface area (Å²) in [6.07, 6.45) is 0. The molecule has 1 heterocycles. The molecule has 21 heavy (non-hydrogen) atoms. The number of hydrogen-bond donors (Lipinski definition) is 1. The molecule has 7 nitrogen and oxygen atoms in total. The van der Waals surface area contributed by atoms with E-state index in [9.17, 15) is 14.4 Å². The maximum Gasteiger partial charge on any atom is 0.357 e. The molecule has 0 radical (unpaired) electrons. The smallest absolute Gasteiger partial charge is 0.357 e. The molecule has 0 aliphatic heterocycles. The van der Waals surface area contributed by atoms with Gasteiger partial charge in [-0.05, 0) is 26.8 Å². The van der Waals surface area contributed by atoms with Crippen molar-refractivity contribution in [2.45, 2.75) is 27.7 Å². The van der Waals surface area contributed by atoms with E-state index < -0.39 is 11.9 Å². The summed E-state index contributed by atoms with van der Waals surface area (Å²) >= 11 is 0. The van der Waals surface area contributed by atoms with Crippen LogP contribution in [0.1, 0.15) is 47.3 Å². The fraction of sp³-hybridized carbons (Fsp3) is 0.429. The predicted molar refractivity (Wildman–Crippen MR) is 75.2 cm³/mol. The number of rotatable bonds is 5. The summed E-state index contributed by atoms with van der Waals surface area (Å²) in [7, 11) is 0. The van der Waals surface area contributed by atoms with Crippen LogP contribution < -0.4 is 5.32 Å². The van der Waals surface area contributed by atoms with Crippen LogP contribution >= 0.6 is 0 Å². The number of aromatic nitrogens is 1. The van der Waals surface area contributed by atoms with Crippen LogP contribution in [-0.2, 0) is 14.3 Å². The van der Waals surface area contributed by atoms with E-state index in [0.717, 1.165) is 0 Å². The second-order valence-electron chi connectivity index (χ2n) is 4.14. The summed E-state index contributed by atoms with van der Waals surface area (Å²) in [5.41, 5.74) is 0.589. The monoisotopic (exact) mass is 294 g/mol. The fourth-order valence-corrected chi connectivity index (χ4v) is 1.64. The Morgan fingerprint density at radius 3 is 2.24 bits per heavy atom. The Balaban J connectivity index is 3.34. The zero-order chi connectivity index (χ0) is 16.0. The van der Waals surface area contributed by atoms with E-state index in [0.29, 0.717) is 11.4 Å². The number of ether oxygens (including phenoxy) is 2. The number of nitrogens with zero attached hydrogens (tertiary/aromatic N) is 1. The molecular formula is C14H18N2O5. The van der Waals surface area contributed by atoms with Gasteiger partial charge in [-0.2, -0.15) is 0 Å². The van der Waals surface area contributed by atoms with E-state index in [1.807, 2.05) is 0 Å². The van der Waals surface area contributed by atoms with Crippen molar-refractivity contribution in [3.63, 3.8) is 0 Å². The van der Waals surface area contributed by atoms with Gasteiger partial charge >= 0.3 is 11.9 Å². The molecule has 0 spiro atoms. The summed E-state index contributed by atoms with van der Waals surface area (Å²) in [6.45, 7) is 6.57. The number of carbonyl (C=O) groups excluding carboxylic acids is 3. The third-order valence-electron chi connectivity index (χ3n) is 2.49. The van der Waals surface area contributed by atoms with Crippen molar-refractivity contribution in [1.29, 1.82) is 0 Å². The van der Waals surface area contributed by atoms with Crippen molar-refractivity contribution >= 4 is 23.5 Å². The fourth-order valence-electron chi connectivity index (χ4n) is 1.64. The van der Waals surface area contributed by atoms with E-state index in [4.69, 9.17) is 9.47 Å². The van der Waals surface area contributed by atoms with Crippen LogP contribution in [0.25, 0.3) is 0 Å². The maximum atomic E-state index is 11.9. The molecule has 0 atom stereocenters. The SMILES string of the molecule is CCOC(=O)c1cc(NC(C)=O)c(C)nc1C(=O)OCC. The number of amides is 1. The Hall–Kier alpha value is -2.44. The minimum atomic E-state index is -0.710. The summed E-state index contributed by atoms with van der Waals surface area (Å²) in [5.74, 6) is -1.71. The van der Waals surface area contributed by atoms with Crippen LogP contribution in [0.5, 0.6) is 0 Å². The van der Waals surface area contributed by atoms with Gasteiger partial charge in [0.05, 0.1) is 30.2 Å². The average molecular weight is 294 g/mol. The molecule has 0 aromatic carbocycles. The molecule has 0 saturated carbocycles. The molecule has 0 fully saturated rings. The molecule has 0 aliphatic carbocycles. The van der Waals surface area contributed by atoms with Crippen LogP contribution in [0.3, 0.4) is 0 Å². The summed E-state index contributed by atoms with van der Waals surface area (Å²) in [5, 5.41) is 2.55. The normalized spacial score (nSPS) is 9.90. The van der Waals surface area contributed by atoms with Crippen LogP contribution in [0.2, 0.25) is 0 Å². The number of esters is 2. The van der Waals surface area contributed by atoms with Crippen LogP contribution in [0.15, 0.2) is 6.07 Å². The van der Waals surface area contributed by atoms with Crippen molar-refractivity contribution in [1.82, 2.24) is 4.98 Å². The Bertz CT molecular complexity index is 569. The Morgan fingerprint density at radius 1 is 1.14 bits per heavy atom. The molecule has 0 unspecified atom stereocenters. The highest BCUT2D eigenvalue weighted by atomic mass is 16.5. The van der Waals surface area contributed by atoms with Gasteiger partial charge in [-0.3, -0.25) is 4.79 Å². The van der Waals surface area contributed by atoms with Crippen molar-refractivity contribution in [3.05, 3.63) is 23.0 Å². The van der Waals surface area contributed by atoms with Gasteiger partial charge < -0.3 is 14.8 Å². The first-order valence-corrected chi connectivity index (χ1v) is 6.54. The maximum absolute atomic E-state index is 11.9. The van der Waals surface area contributed by atoms with Crippen LogP contribution in [-0.4, -0.2) is 36.0 Å². The number of pyridine rings is 1. The molecule has 1 aromatic heterocycles. The molecule has 0 bridgehead atoms. The molecule has 1 rings (SSSR count). The Morgan fingerprint density at radius 2 is 1.71 bits per heavy atom. The van der Waals surface area contributed by atoms with Crippen molar-refractivity contribution in [2.75, 3.05) is 18.5 Å². The minimum Gasteiger partial charge on any atom is -0.462 e. The third-order valence-corrected chi connectivity index (χ3v) is 2.49. The largest absolute Gasteiger partial charge is 0.462 e. The van der Waals surface area contributed by atoms with Gasteiger partial charge in [-0.25, -0.2) is 14.6 Å². The summed E-state index contributed by atoms with van der Waals surface area (Å²) in [4.78, 5) is 39.0. The lowest BCUT2D eigenvalue weighted by Gasteiger charge is -2.12. The van der Waals surface area contributed by atoms with Crippen molar-refractivity contribution in [2.24, 2.45) is 0 Å². The zero-order valence-corrected chi connectivity index (χ0v) is 12.5. The molecular weight excluding hydrogens is 276 g/mol. The van der Waals surface area contributed by atoms with Gasteiger partial charge in [0.25, 0.3) is 0 Å². The van der Waals surface area contributed by atoms with Crippen LogP contribution in [0.4, 0.5) is 5.69 Å². The highest BCUT2D eigenvalue weighted by molar-refractivity contribution is 6.03. The van der Waals surface area contributed by atoms with Gasteiger partial charge in [0.2, 0.25) is 5.91 Å². The third kappa shape index (κ3) is 4.27. The van der Waals surface area contributed by atoms with Gasteiger partial charge in [0, 0.05) is 6.92 Å². The molecule has 0 aliphatic rings. The van der Waals surface area contributed by atoms with Crippen molar-refractivity contribution < 1.29 is 23.9 Å². The summed E-state index contributed by atoms with van der Waals surface area (Å²) in [6, 6.07) is 1.37. The minimum absolute atomic E-state index is 0.0374. The first-order chi connectivity index (χ1) is 9.90. The lowest BCUT2D eigenvalue weighted by molar-refractivity contribution is -0.114. The topological polar surface area (TPSA) is 94.6 Å². The number of carbonyl (C=O) groups is 3. The quantitative estimate of drug-likeness (QED) is 0.831. The van der Waals surface area contributed by atoms with E-state index in [2.05, 4.69) is 10.3 Å². The summed E-state index contributed by atoms with van der Waals surface area (Å²) < 4.78 is 9.77. The van der Waals surface area contributed by atoms with Crippen molar-refractivity contribution in [3.8, 4) is 0 Å². The highest BCUT2D eigenvalue weighted by Crippen LogP contribution is 2.20. The molecule has 1 aromatic rings. The second kappa shape index (κ2) is 7.37. The van der Waals surface area contributed by atoms with Gasteiger partial charge in [0.15, 0.2) is 5.69 Å². The van der Waals surface area contributed by atoms with Crippen LogP contribution in [0, 0.1) is 6.92 Å². The molecule has 1 N–H and O–H groups in total. The highest BCUT2D eigenvalue weighted by Gasteiger charge is 2.23.